The minimum Gasteiger partial charge on any atom is -0.493 e. The van der Waals surface area contributed by atoms with Crippen molar-refractivity contribution < 1.29 is 28.9 Å². The van der Waals surface area contributed by atoms with Gasteiger partial charge in [0.2, 0.25) is 0 Å². The first kappa shape index (κ1) is 22.7. The molecule has 0 saturated carbocycles. The third kappa shape index (κ3) is 6.73. The van der Waals surface area contributed by atoms with Crippen LogP contribution in [0.2, 0.25) is 0 Å². The van der Waals surface area contributed by atoms with Gasteiger partial charge in [0.1, 0.15) is 0 Å². The fourth-order valence-electron chi connectivity index (χ4n) is 3.08. The molecule has 1 aromatic carbocycles. The molecule has 1 unspecified atom stereocenters. The van der Waals surface area contributed by atoms with E-state index in [1.807, 2.05) is 4.90 Å². The summed E-state index contributed by atoms with van der Waals surface area (Å²) in [5.41, 5.74) is 0.631. The van der Waals surface area contributed by atoms with E-state index in [0.29, 0.717) is 29.7 Å². The predicted molar refractivity (Wildman–Crippen MR) is 102 cm³/mol. The normalized spacial score (nSPS) is 15.8. The Labute approximate surface area is 160 Å². The summed E-state index contributed by atoms with van der Waals surface area (Å²) in [6.07, 6.45) is 0.965. The number of nitrogens with zero attached hydrogens (tertiary/aromatic N) is 2. The molecule has 1 fully saturated rings. The van der Waals surface area contributed by atoms with E-state index in [2.05, 4.69) is 11.8 Å². The molecule has 2 rings (SSSR count). The molecule has 1 aliphatic rings. The molecule has 1 amide bonds. The second-order valence-electron chi connectivity index (χ2n) is 6.16. The SMILES string of the molecule is COCC(C)N1CCCN(C(=O)c2ccc(OC)c(OC)c2)CC1.O=CO. The summed E-state index contributed by atoms with van der Waals surface area (Å²) in [6, 6.07) is 5.68. The van der Waals surface area contributed by atoms with Crippen molar-refractivity contribution in [2.24, 2.45) is 0 Å². The zero-order chi connectivity index (χ0) is 20.2. The Balaban J connectivity index is 0.00000114. The van der Waals surface area contributed by atoms with Gasteiger partial charge in [0, 0.05) is 44.9 Å². The monoisotopic (exact) mass is 382 g/mol. The average molecular weight is 382 g/mol. The number of carboxylic acid groups (broad SMARTS) is 1. The Kier molecular flexibility index (Phi) is 10.2. The van der Waals surface area contributed by atoms with Crippen LogP contribution < -0.4 is 9.47 Å². The molecule has 27 heavy (non-hydrogen) atoms. The summed E-state index contributed by atoms with van der Waals surface area (Å²) in [4.78, 5) is 25.5. The smallest absolute Gasteiger partial charge is 0.290 e. The number of methoxy groups -OCH3 is 3. The lowest BCUT2D eigenvalue weighted by Crippen LogP contribution is -2.40. The van der Waals surface area contributed by atoms with E-state index >= 15 is 0 Å². The first-order valence-corrected chi connectivity index (χ1v) is 8.84. The third-order valence-corrected chi connectivity index (χ3v) is 4.48. The average Bonchev–Trinajstić information content (AvgIpc) is 2.94. The van der Waals surface area contributed by atoms with Crippen LogP contribution in [0.1, 0.15) is 23.7 Å². The Morgan fingerprint density at radius 1 is 1.15 bits per heavy atom. The van der Waals surface area contributed by atoms with Gasteiger partial charge in [-0.05, 0) is 31.5 Å². The number of rotatable bonds is 6. The van der Waals surface area contributed by atoms with Gasteiger partial charge < -0.3 is 24.2 Å². The van der Waals surface area contributed by atoms with Crippen molar-refractivity contribution in [2.75, 3.05) is 54.1 Å². The lowest BCUT2D eigenvalue weighted by molar-refractivity contribution is -0.122. The van der Waals surface area contributed by atoms with Crippen molar-refractivity contribution in [3.05, 3.63) is 23.8 Å². The van der Waals surface area contributed by atoms with Crippen LogP contribution in [0.25, 0.3) is 0 Å². The highest BCUT2D eigenvalue weighted by Gasteiger charge is 2.23. The van der Waals surface area contributed by atoms with Gasteiger partial charge in [-0.15, -0.1) is 0 Å². The first-order chi connectivity index (χ1) is 13.0. The molecule has 8 heteroatoms. The van der Waals surface area contributed by atoms with E-state index in [4.69, 9.17) is 24.1 Å². The second kappa shape index (κ2) is 12.1. The number of hydrogen-bond acceptors (Lipinski definition) is 6. The Morgan fingerprint density at radius 2 is 1.81 bits per heavy atom. The fraction of sp³-hybridized carbons (Fsp3) is 0.579. The van der Waals surface area contributed by atoms with E-state index in [9.17, 15) is 4.79 Å². The van der Waals surface area contributed by atoms with Gasteiger partial charge in [0.25, 0.3) is 12.4 Å². The maximum absolute atomic E-state index is 12.8. The van der Waals surface area contributed by atoms with Gasteiger partial charge in [0.15, 0.2) is 11.5 Å². The van der Waals surface area contributed by atoms with Crippen molar-refractivity contribution in [1.29, 1.82) is 0 Å². The van der Waals surface area contributed by atoms with Crippen LogP contribution in [0.4, 0.5) is 0 Å². The molecule has 1 N–H and O–H groups in total. The second-order valence-corrected chi connectivity index (χ2v) is 6.16. The topological polar surface area (TPSA) is 88.5 Å². The summed E-state index contributed by atoms with van der Waals surface area (Å²) in [7, 11) is 4.89. The molecule has 1 aromatic rings. The molecular formula is C19H30N2O6. The molecule has 152 valence electrons. The van der Waals surface area contributed by atoms with E-state index in [-0.39, 0.29) is 12.4 Å². The van der Waals surface area contributed by atoms with Crippen LogP contribution in [-0.2, 0) is 9.53 Å². The molecule has 1 saturated heterocycles. The largest absolute Gasteiger partial charge is 0.493 e. The highest BCUT2D eigenvalue weighted by Crippen LogP contribution is 2.28. The minimum absolute atomic E-state index is 0.0391. The van der Waals surface area contributed by atoms with Gasteiger partial charge >= 0.3 is 0 Å². The van der Waals surface area contributed by atoms with Crippen molar-refractivity contribution in [3.63, 3.8) is 0 Å². The summed E-state index contributed by atoms with van der Waals surface area (Å²) in [6.45, 7) is 5.97. The van der Waals surface area contributed by atoms with E-state index in [1.54, 1.807) is 39.5 Å². The van der Waals surface area contributed by atoms with Crippen LogP contribution in [0.5, 0.6) is 11.5 Å². The molecule has 0 radical (unpaired) electrons. The fourth-order valence-corrected chi connectivity index (χ4v) is 3.08. The van der Waals surface area contributed by atoms with Crippen molar-refractivity contribution >= 4 is 12.4 Å². The van der Waals surface area contributed by atoms with Gasteiger partial charge in [-0.1, -0.05) is 0 Å². The van der Waals surface area contributed by atoms with Crippen LogP contribution in [-0.4, -0.2) is 87.4 Å². The summed E-state index contributed by atoms with van der Waals surface area (Å²) < 4.78 is 15.8. The highest BCUT2D eigenvalue weighted by molar-refractivity contribution is 5.95. The molecule has 0 aliphatic carbocycles. The number of hydrogen-bond donors (Lipinski definition) is 1. The Hall–Kier alpha value is -2.32. The third-order valence-electron chi connectivity index (χ3n) is 4.48. The minimum atomic E-state index is -0.250. The molecule has 0 aromatic heterocycles. The zero-order valence-electron chi connectivity index (χ0n) is 16.5. The number of amides is 1. The lowest BCUT2D eigenvalue weighted by atomic mass is 10.1. The molecule has 1 heterocycles. The highest BCUT2D eigenvalue weighted by atomic mass is 16.5. The van der Waals surface area contributed by atoms with Crippen molar-refractivity contribution in [1.82, 2.24) is 9.80 Å². The Bertz CT molecular complexity index is 596. The summed E-state index contributed by atoms with van der Waals surface area (Å²) >= 11 is 0. The van der Waals surface area contributed by atoms with Crippen molar-refractivity contribution in [2.45, 2.75) is 19.4 Å². The maximum atomic E-state index is 12.8. The van der Waals surface area contributed by atoms with Gasteiger partial charge in [0.05, 0.1) is 20.8 Å². The zero-order valence-corrected chi connectivity index (χ0v) is 16.5. The molecular weight excluding hydrogens is 352 g/mol. The van der Waals surface area contributed by atoms with E-state index in [1.165, 1.54) is 0 Å². The number of carbonyl (C=O) groups excluding carboxylic acids is 1. The number of carbonyl (C=O) groups is 2. The molecule has 0 bridgehead atoms. The van der Waals surface area contributed by atoms with E-state index < -0.39 is 0 Å². The van der Waals surface area contributed by atoms with Crippen LogP contribution in [0, 0.1) is 0 Å². The van der Waals surface area contributed by atoms with Crippen LogP contribution in [0.15, 0.2) is 18.2 Å². The quantitative estimate of drug-likeness (QED) is 0.748. The molecule has 8 nitrogen and oxygen atoms in total. The van der Waals surface area contributed by atoms with Gasteiger partial charge in [-0.2, -0.15) is 0 Å². The summed E-state index contributed by atoms with van der Waals surface area (Å²) in [5.74, 6) is 1.25. The molecule has 0 spiro atoms. The van der Waals surface area contributed by atoms with Gasteiger partial charge in [-0.3, -0.25) is 14.5 Å². The predicted octanol–water partition coefficient (Wildman–Crippen LogP) is 1.59. The number of ether oxygens (including phenoxy) is 3. The standard InChI is InChI=1S/C18H28N2O4.CH2O2/c1-14(13-22-2)19-8-5-9-20(11-10-19)18(21)15-6-7-16(23-3)17(12-15)24-4;2-1-3/h6-7,12,14H,5,8-11,13H2,1-4H3;1H,(H,2,3). The maximum Gasteiger partial charge on any atom is 0.290 e. The number of benzene rings is 1. The van der Waals surface area contributed by atoms with E-state index in [0.717, 1.165) is 32.6 Å². The first-order valence-electron chi connectivity index (χ1n) is 8.84. The Morgan fingerprint density at radius 3 is 2.41 bits per heavy atom. The van der Waals surface area contributed by atoms with Gasteiger partial charge in [-0.25, -0.2) is 0 Å². The lowest BCUT2D eigenvalue weighted by Gasteiger charge is -2.27. The summed E-state index contributed by atoms with van der Waals surface area (Å²) in [5, 5.41) is 6.89. The molecule has 1 aliphatic heterocycles. The van der Waals surface area contributed by atoms with Crippen LogP contribution >= 0.6 is 0 Å². The molecule has 1 atom stereocenters. The van der Waals surface area contributed by atoms with Crippen molar-refractivity contribution in [3.8, 4) is 11.5 Å². The van der Waals surface area contributed by atoms with Crippen LogP contribution in [0.3, 0.4) is 0 Å².